The van der Waals surface area contributed by atoms with Crippen LogP contribution in [0.15, 0.2) is 59.2 Å². The van der Waals surface area contributed by atoms with Gasteiger partial charge in [0.05, 0.1) is 24.1 Å². The zero-order chi connectivity index (χ0) is 16.4. The first-order valence-corrected chi connectivity index (χ1v) is 8.18. The fourth-order valence-corrected chi connectivity index (χ4v) is 2.70. The van der Waals surface area contributed by atoms with Gasteiger partial charge in [-0.2, -0.15) is 10.1 Å². The zero-order valence-corrected chi connectivity index (χ0v) is 14.9. The minimum absolute atomic E-state index is 0.119. The lowest BCUT2D eigenvalue weighted by atomic mass is 10.1. The Balaban J connectivity index is 1.93. The summed E-state index contributed by atoms with van der Waals surface area (Å²) in [5, 5.41) is 5.83. The standard InChI is InChI=1S/C18H15IN2O2/c1-12-17(11-13-4-3-5-16(10-13)23-2)18(22)21(20-12)15-8-6-14(19)7-9-15/h3-11H,1-2H3. The maximum atomic E-state index is 12.7. The number of carbonyl (C=O) groups excluding carboxylic acids is 1. The van der Waals surface area contributed by atoms with Crippen LogP contribution in [0.25, 0.3) is 6.08 Å². The van der Waals surface area contributed by atoms with E-state index in [-0.39, 0.29) is 5.91 Å². The van der Waals surface area contributed by atoms with Crippen molar-refractivity contribution in [1.82, 2.24) is 0 Å². The van der Waals surface area contributed by atoms with Crippen molar-refractivity contribution >= 4 is 46.0 Å². The number of nitrogens with zero attached hydrogens (tertiary/aromatic N) is 2. The fourth-order valence-electron chi connectivity index (χ4n) is 2.34. The van der Waals surface area contributed by atoms with Crippen molar-refractivity contribution in [3.05, 3.63) is 63.2 Å². The van der Waals surface area contributed by atoms with Crippen molar-refractivity contribution in [1.29, 1.82) is 0 Å². The molecule has 3 rings (SSSR count). The summed E-state index contributed by atoms with van der Waals surface area (Å²) >= 11 is 2.23. The predicted octanol–water partition coefficient (Wildman–Crippen LogP) is 4.11. The molecule has 1 heterocycles. The van der Waals surface area contributed by atoms with Crippen LogP contribution in [0.4, 0.5) is 5.69 Å². The van der Waals surface area contributed by atoms with Gasteiger partial charge in [0.1, 0.15) is 5.75 Å². The van der Waals surface area contributed by atoms with Crippen LogP contribution >= 0.6 is 22.6 Å². The van der Waals surface area contributed by atoms with Crippen molar-refractivity contribution < 1.29 is 9.53 Å². The van der Waals surface area contributed by atoms with E-state index in [2.05, 4.69) is 27.7 Å². The first-order chi connectivity index (χ1) is 11.1. The summed E-state index contributed by atoms with van der Waals surface area (Å²) < 4.78 is 6.34. The second-order valence-corrected chi connectivity index (χ2v) is 6.36. The average Bonchev–Trinajstić information content (AvgIpc) is 2.84. The number of methoxy groups -OCH3 is 1. The van der Waals surface area contributed by atoms with Gasteiger partial charge in [0.2, 0.25) is 0 Å². The van der Waals surface area contributed by atoms with Gasteiger partial charge < -0.3 is 4.74 Å². The molecule has 2 aromatic carbocycles. The maximum Gasteiger partial charge on any atom is 0.280 e. The molecule has 1 aliphatic heterocycles. The zero-order valence-electron chi connectivity index (χ0n) is 12.8. The quantitative estimate of drug-likeness (QED) is 0.557. The molecule has 2 aromatic rings. The van der Waals surface area contributed by atoms with E-state index in [4.69, 9.17) is 4.74 Å². The Kier molecular flexibility index (Phi) is 4.47. The van der Waals surface area contributed by atoms with Gasteiger partial charge in [-0.3, -0.25) is 4.79 Å². The second kappa shape index (κ2) is 6.54. The normalized spacial score (nSPS) is 16.0. The van der Waals surface area contributed by atoms with Crippen LogP contribution in [0.2, 0.25) is 0 Å². The van der Waals surface area contributed by atoms with E-state index >= 15 is 0 Å². The van der Waals surface area contributed by atoms with Crippen LogP contribution in [0, 0.1) is 3.57 Å². The van der Waals surface area contributed by atoms with Crippen LogP contribution in [0.3, 0.4) is 0 Å². The van der Waals surface area contributed by atoms with Crippen LogP contribution in [0.1, 0.15) is 12.5 Å². The third kappa shape index (κ3) is 3.29. The van der Waals surface area contributed by atoms with Crippen molar-refractivity contribution in [2.45, 2.75) is 6.92 Å². The van der Waals surface area contributed by atoms with E-state index in [1.54, 1.807) is 7.11 Å². The number of amides is 1. The minimum atomic E-state index is -0.119. The molecule has 0 unspecified atom stereocenters. The molecule has 0 atom stereocenters. The molecule has 0 aromatic heterocycles. The molecule has 0 bridgehead atoms. The SMILES string of the molecule is COc1cccc(C=C2C(=O)N(c3ccc(I)cc3)N=C2C)c1. The fraction of sp³-hybridized carbons (Fsp3) is 0.111. The van der Waals surface area contributed by atoms with Gasteiger partial charge in [-0.05, 0) is 77.6 Å². The number of benzene rings is 2. The molecule has 0 radical (unpaired) electrons. The van der Waals surface area contributed by atoms with Crippen molar-refractivity contribution in [3.8, 4) is 5.75 Å². The Bertz CT molecular complexity index is 810. The smallest absolute Gasteiger partial charge is 0.280 e. The molecule has 1 aliphatic rings. The highest BCUT2D eigenvalue weighted by molar-refractivity contribution is 14.1. The molecule has 4 nitrogen and oxygen atoms in total. The molecule has 0 fully saturated rings. The van der Waals surface area contributed by atoms with Gasteiger partial charge in [0.25, 0.3) is 5.91 Å². The second-order valence-electron chi connectivity index (χ2n) is 5.11. The first-order valence-electron chi connectivity index (χ1n) is 7.10. The molecule has 116 valence electrons. The number of ether oxygens (including phenoxy) is 1. The van der Waals surface area contributed by atoms with E-state index in [0.717, 1.165) is 20.6 Å². The molecular weight excluding hydrogens is 403 g/mol. The molecule has 1 amide bonds. The largest absolute Gasteiger partial charge is 0.497 e. The molecule has 0 saturated carbocycles. The van der Waals surface area contributed by atoms with Gasteiger partial charge in [0.15, 0.2) is 0 Å². The Morgan fingerprint density at radius 3 is 2.61 bits per heavy atom. The van der Waals surface area contributed by atoms with Gasteiger partial charge in [-0.15, -0.1) is 0 Å². The van der Waals surface area contributed by atoms with Gasteiger partial charge in [0, 0.05) is 3.57 Å². The summed E-state index contributed by atoms with van der Waals surface area (Å²) in [6.07, 6.45) is 1.84. The summed E-state index contributed by atoms with van der Waals surface area (Å²) in [6.45, 7) is 1.84. The lowest BCUT2D eigenvalue weighted by molar-refractivity contribution is -0.114. The van der Waals surface area contributed by atoms with E-state index in [1.807, 2.05) is 61.5 Å². The van der Waals surface area contributed by atoms with Crippen LogP contribution in [0.5, 0.6) is 5.75 Å². The minimum Gasteiger partial charge on any atom is -0.497 e. The van der Waals surface area contributed by atoms with Crippen LogP contribution < -0.4 is 9.75 Å². The summed E-state index contributed by atoms with van der Waals surface area (Å²) in [4.78, 5) is 12.7. The van der Waals surface area contributed by atoms with E-state index in [1.165, 1.54) is 5.01 Å². The van der Waals surface area contributed by atoms with Crippen molar-refractivity contribution in [2.24, 2.45) is 5.10 Å². The summed E-state index contributed by atoms with van der Waals surface area (Å²) in [5.74, 6) is 0.639. The highest BCUT2D eigenvalue weighted by Gasteiger charge is 2.28. The molecular formula is C18H15IN2O2. The van der Waals surface area contributed by atoms with E-state index < -0.39 is 0 Å². The van der Waals surface area contributed by atoms with Crippen LogP contribution in [-0.4, -0.2) is 18.7 Å². The molecule has 0 N–H and O–H groups in total. The number of hydrazone groups is 1. The topological polar surface area (TPSA) is 41.9 Å². The number of anilines is 1. The van der Waals surface area contributed by atoms with Crippen molar-refractivity contribution in [2.75, 3.05) is 12.1 Å². The number of hydrogen-bond donors (Lipinski definition) is 0. The predicted molar refractivity (Wildman–Crippen MR) is 101 cm³/mol. The van der Waals surface area contributed by atoms with Gasteiger partial charge >= 0.3 is 0 Å². The Hall–Kier alpha value is -2.15. The highest BCUT2D eigenvalue weighted by atomic mass is 127. The molecule has 23 heavy (non-hydrogen) atoms. The number of rotatable bonds is 3. The summed E-state index contributed by atoms with van der Waals surface area (Å²) in [7, 11) is 1.62. The van der Waals surface area contributed by atoms with E-state index in [0.29, 0.717) is 11.3 Å². The van der Waals surface area contributed by atoms with Gasteiger partial charge in [-0.1, -0.05) is 12.1 Å². The Morgan fingerprint density at radius 2 is 1.91 bits per heavy atom. The number of carbonyl (C=O) groups is 1. The van der Waals surface area contributed by atoms with Crippen molar-refractivity contribution in [3.63, 3.8) is 0 Å². The first kappa shape index (κ1) is 15.7. The summed E-state index contributed by atoms with van der Waals surface area (Å²) in [6, 6.07) is 15.3. The summed E-state index contributed by atoms with van der Waals surface area (Å²) in [5.41, 5.74) is 2.98. The molecule has 0 saturated heterocycles. The lowest BCUT2D eigenvalue weighted by Gasteiger charge is -2.11. The van der Waals surface area contributed by atoms with Crippen LogP contribution in [-0.2, 0) is 4.79 Å². The van der Waals surface area contributed by atoms with E-state index in [9.17, 15) is 4.79 Å². The Labute approximate surface area is 148 Å². The monoisotopic (exact) mass is 418 g/mol. The third-order valence-corrected chi connectivity index (χ3v) is 4.26. The number of halogens is 1. The average molecular weight is 418 g/mol. The van der Waals surface area contributed by atoms with Gasteiger partial charge in [-0.25, -0.2) is 0 Å². The number of hydrogen-bond acceptors (Lipinski definition) is 3. The Morgan fingerprint density at radius 1 is 1.17 bits per heavy atom. The lowest BCUT2D eigenvalue weighted by Crippen LogP contribution is -2.21. The highest BCUT2D eigenvalue weighted by Crippen LogP contribution is 2.26. The molecule has 0 spiro atoms. The molecule has 0 aliphatic carbocycles. The molecule has 5 heteroatoms. The maximum absolute atomic E-state index is 12.7. The third-order valence-electron chi connectivity index (χ3n) is 3.54.